The van der Waals surface area contributed by atoms with Crippen molar-refractivity contribution >= 4 is 0 Å². The number of pyridine rings is 1. The van der Waals surface area contributed by atoms with Crippen molar-refractivity contribution in [3.63, 3.8) is 0 Å². The molecule has 2 aromatic rings. The van der Waals surface area contributed by atoms with E-state index in [-0.39, 0.29) is 0 Å². The van der Waals surface area contributed by atoms with E-state index in [1.165, 1.54) is 37.7 Å². The van der Waals surface area contributed by atoms with E-state index in [0.717, 1.165) is 30.0 Å². The van der Waals surface area contributed by atoms with Crippen molar-refractivity contribution in [1.82, 2.24) is 4.98 Å². The maximum atomic E-state index is 5.80. The van der Waals surface area contributed by atoms with Crippen LogP contribution in [0.5, 0.6) is 5.75 Å². The Morgan fingerprint density at radius 3 is 2.45 bits per heavy atom. The highest BCUT2D eigenvalue weighted by Crippen LogP contribution is 2.28. The highest BCUT2D eigenvalue weighted by atomic mass is 16.5. The van der Waals surface area contributed by atoms with Crippen LogP contribution in [0, 0.1) is 0 Å². The number of unbranched alkanes of at least 4 members (excludes halogenated alkanes) is 3. The largest absolute Gasteiger partial charge is 0.491 e. The van der Waals surface area contributed by atoms with Crippen LogP contribution in [0.2, 0.25) is 0 Å². The second-order valence-corrected chi connectivity index (χ2v) is 5.71. The van der Waals surface area contributed by atoms with E-state index in [1.807, 2.05) is 18.3 Å². The molecule has 0 amide bonds. The molecule has 1 aromatic heterocycles. The van der Waals surface area contributed by atoms with Crippen molar-refractivity contribution in [3.8, 4) is 17.0 Å². The number of aromatic nitrogens is 1. The Bertz CT molecular complexity index is 548. The quantitative estimate of drug-likeness (QED) is 0.557. The molecule has 0 atom stereocenters. The van der Waals surface area contributed by atoms with Gasteiger partial charge in [0.05, 0.1) is 6.61 Å². The van der Waals surface area contributed by atoms with E-state index in [1.54, 1.807) is 0 Å². The lowest BCUT2D eigenvalue weighted by atomic mass is 10.0. The summed E-state index contributed by atoms with van der Waals surface area (Å²) in [5.74, 6) is 0.875. The molecular formula is C20H27NO. The molecule has 0 radical (unpaired) electrons. The van der Waals surface area contributed by atoms with Crippen LogP contribution < -0.4 is 4.74 Å². The van der Waals surface area contributed by atoms with Crippen molar-refractivity contribution < 1.29 is 4.74 Å². The van der Waals surface area contributed by atoms with E-state index in [0.29, 0.717) is 0 Å². The van der Waals surface area contributed by atoms with Gasteiger partial charge in [0.1, 0.15) is 11.4 Å². The molecule has 0 spiro atoms. The maximum absolute atomic E-state index is 5.80. The molecule has 22 heavy (non-hydrogen) atoms. The molecule has 0 unspecified atom stereocenters. The van der Waals surface area contributed by atoms with Gasteiger partial charge in [-0.15, -0.1) is 0 Å². The number of hydrogen-bond donors (Lipinski definition) is 0. The molecule has 0 fully saturated rings. The standard InChI is InChI=1S/C20H27NO/c1-3-5-6-7-9-17-11-13-18(14-12-17)20-19(22-16-4-2)10-8-15-21-20/h8,10-15H,3-7,9,16H2,1-2H3. The second kappa shape index (κ2) is 9.24. The number of nitrogens with zero attached hydrogens (tertiary/aromatic N) is 1. The van der Waals surface area contributed by atoms with Crippen molar-refractivity contribution in [1.29, 1.82) is 0 Å². The van der Waals surface area contributed by atoms with Gasteiger partial charge in [0.15, 0.2) is 0 Å². The van der Waals surface area contributed by atoms with Gasteiger partial charge in [-0.3, -0.25) is 4.98 Å². The highest BCUT2D eigenvalue weighted by molar-refractivity contribution is 5.66. The Morgan fingerprint density at radius 1 is 0.909 bits per heavy atom. The summed E-state index contributed by atoms with van der Waals surface area (Å²) >= 11 is 0. The van der Waals surface area contributed by atoms with Crippen molar-refractivity contribution in [3.05, 3.63) is 48.2 Å². The zero-order valence-corrected chi connectivity index (χ0v) is 13.8. The topological polar surface area (TPSA) is 22.1 Å². The molecule has 0 N–H and O–H groups in total. The van der Waals surface area contributed by atoms with Crippen LogP contribution in [0.1, 0.15) is 51.5 Å². The molecule has 0 aliphatic rings. The molecule has 1 heterocycles. The Kier molecular flexibility index (Phi) is 6.95. The summed E-state index contributed by atoms with van der Waals surface area (Å²) in [6, 6.07) is 12.7. The Balaban J connectivity index is 2.04. The lowest BCUT2D eigenvalue weighted by Gasteiger charge is -2.10. The Hall–Kier alpha value is -1.83. The van der Waals surface area contributed by atoms with Gasteiger partial charge in [0.2, 0.25) is 0 Å². The third kappa shape index (κ3) is 4.87. The second-order valence-electron chi connectivity index (χ2n) is 5.71. The third-order valence-corrected chi connectivity index (χ3v) is 3.78. The van der Waals surface area contributed by atoms with Gasteiger partial charge in [0.25, 0.3) is 0 Å². The fourth-order valence-corrected chi connectivity index (χ4v) is 2.52. The average Bonchev–Trinajstić information content (AvgIpc) is 2.58. The summed E-state index contributed by atoms with van der Waals surface area (Å²) in [7, 11) is 0. The molecule has 0 aliphatic carbocycles. The number of aryl methyl sites for hydroxylation is 1. The van der Waals surface area contributed by atoms with Crippen LogP contribution in [0.15, 0.2) is 42.6 Å². The Morgan fingerprint density at radius 2 is 1.73 bits per heavy atom. The average molecular weight is 297 g/mol. The number of hydrogen-bond acceptors (Lipinski definition) is 2. The molecule has 2 nitrogen and oxygen atoms in total. The normalized spacial score (nSPS) is 10.6. The minimum Gasteiger partial charge on any atom is -0.491 e. The maximum Gasteiger partial charge on any atom is 0.145 e. The number of rotatable bonds is 9. The summed E-state index contributed by atoms with van der Waals surface area (Å²) in [6.07, 6.45) is 9.23. The molecule has 118 valence electrons. The lowest BCUT2D eigenvalue weighted by molar-refractivity contribution is 0.317. The van der Waals surface area contributed by atoms with E-state index in [9.17, 15) is 0 Å². The van der Waals surface area contributed by atoms with Crippen LogP contribution in [-0.4, -0.2) is 11.6 Å². The van der Waals surface area contributed by atoms with Crippen LogP contribution in [-0.2, 0) is 6.42 Å². The SMILES string of the molecule is CCCCCCc1ccc(-c2ncccc2OCCC)cc1. The van der Waals surface area contributed by atoms with Gasteiger partial charge in [0, 0.05) is 11.8 Å². The predicted molar refractivity (Wildman–Crippen MR) is 93.3 cm³/mol. The van der Waals surface area contributed by atoms with E-state index in [2.05, 4.69) is 43.1 Å². The van der Waals surface area contributed by atoms with Crippen LogP contribution in [0.25, 0.3) is 11.3 Å². The minimum atomic E-state index is 0.730. The van der Waals surface area contributed by atoms with Gasteiger partial charge in [-0.1, -0.05) is 57.4 Å². The zero-order valence-electron chi connectivity index (χ0n) is 13.8. The monoisotopic (exact) mass is 297 g/mol. The van der Waals surface area contributed by atoms with E-state index < -0.39 is 0 Å². The lowest BCUT2D eigenvalue weighted by Crippen LogP contribution is -1.98. The van der Waals surface area contributed by atoms with Gasteiger partial charge in [-0.25, -0.2) is 0 Å². The van der Waals surface area contributed by atoms with Gasteiger partial charge in [-0.2, -0.15) is 0 Å². The molecule has 2 rings (SSSR count). The van der Waals surface area contributed by atoms with Crippen molar-refractivity contribution in [2.24, 2.45) is 0 Å². The van der Waals surface area contributed by atoms with Gasteiger partial charge < -0.3 is 4.74 Å². The molecule has 0 bridgehead atoms. The molecule has 0 saturated carbocycles. The van der Waals surface area contributed by atoms with E-state index in [4.69, 9.17) is 4.74 Å². The molecule has 0 saturated heterocycles. The number of benzene rings is 1. The molecule has 1 aromatic carbocycles. The van der Waals surface area contributed by atoms with Gasteiger partial charge in [-0.05, 0) is 37.0 Å². The predicted octanol–water partition coefficient (Wildman–Crippen LogP) is 5.66. The third-order valence-electron chi connectivity index (χ3n) is 3.78. The fraction of sp³-hybridized carbons (Fsp3) is 0.450. The molecule has 0 aliphatic heterocycles. The first-order valence-electron chi connectivity index (χ1n) is 8.52. The van der Waals surface area contributed by atoms with Gasteiger partial charge >= 0.3 is 0 Å². The first kappa shape index (κ1) is 16.5. The summed E-state index contributed by atoms with van der Waals surface area (Å²) < 4.78 is 5.80. The van der Waals surface area contributed by atoms with Crippen LogP contribution in [0.3, 0.4) is 0 Å². The number of ether oxygens (including phenoxy) is 1. The Labute approximate surface area is 134 Å². The van der Waals surface area contributed by atoms with Crippen LogP contribution in [0.4, 0.5) is 0 Å². The zero-order chi connectivity index (χ0) is 15.6. The molecule has 2 heteroatoms. The van der Waals surface area contributed by atoms with Crippen LogP contribution >= 0.6 is 0 Å². The smallest absolute Gasteiger partial charge is 0.145 e. The minimum absolute atomic E-state index is 0.730. The van der Waals surface area contributed by atoms with E-state index >= 15 is 0 Å². The summed E-state index contributed by atoms with van der Waals surface area (Å²) in [4.78, 5) is 4.49. The van der Waals surface area contributed by atoms with Crippen molar-refractivity contribution in [2.75, 3.05) is 6.61 Å². The summed E-state index contributed by atoms with van der Waals surface area (Å²) in [6.45, 7) is 5.09. The molecular weight excluding hydrogens is 270 g/mol. The summed E-state index contributed by atoms with van der Waals surface area (Å²) in [5, 5.41) is 0. The highest BCUT2D eigenvalue weighted by Gasteiger charge is 2.07. The first-order valence-corrected chi connectivity index (χ1v) is 8.52. The summed E-state index contributed by atoms with van der Waals surface area (Å²) in [5.41, 5.74) is 3.48. The first-order chi connectivity index (χ1) is 10.8. The van der Waals surface area contributed by atoms with Crippen molar-refractivity contribution in [2.45, 2.75) is 52.4 Å². The fourth-order valence-electron chi connectivity index (χ4n) is 2.52.